The molecule has 0 bridgehead atoms. The fraction of sp³-hybridized carbons (Fsp3) is 0.182. The standard InChI is InChI=1S/C22H21N3O3/c23-18(12-14-6-5-10-19(24-14)20(27)13-26)15-7-1-2-8-16(15)22-17-9-3-4-11-21(17)28-25-22/h1-11,18,20,26-27H,12-13,23H2. The minimum absolute atomic E-state index is 0.319. The number of rotatable bonds is 6. The van der Waals surface area contributed by atoms with Crippen LogP contribution in [0.4, 0.5) is 0 Å². The van der Waals surface area contributed by atoms with E-state index in [0.29, 0.717) is 12.1 Å². The van der Waals surface area contributed by atoms with E-state index in [9.17, 15) is 5.11 Å². The van der Waals surface area contributed by atoms with E-state index >= 15 is 0 Å². The largest absolute Gasteiger partial charge is 0.393 e. The number of aromatic nitrogens is 2. The molecule has 0 radical (unpaired) electrons. The average molecular weight is 375 g/mol. The van der Waals surface area contributed by atoms with Crippen LogP contribution >= 0.6 is 0 Å². The van der Waals surface area contributed by atoms with Gasteiger partial charge in [-0.05, 0) is 29.8 Å². The normalized spacial score (nSPS) is 13.5. The lowest BCUT2D eigenvalue weighted by Gasteiger charge is -2.16. The van der Waals surface area contributed by atoms with Crippen molar-refractivity contribution in [2.75, 3.05) is 6.61 Å². The molecule has 4 rings (SSSR count). The molecule has 2 unspecified atom stereocenters. The zero-order valence-electron chi connectivity index (χ0n) is 15.2. The second-order valence-electron chi connectivity index (χ2n) is 6.68. The summed E-state index contributed by atoms with van der Waals surface area (Å²) in [7, 11) is 0. The number of para-hydroxylation sites is 1. The van der Waals surface area contributed by atoms with Crippen LogP contribution in [0.15, 0.2) is 71.3 Å². The molecule has 2 atom stereocenters. The Bertz CT molecular complexity index is 1090. The number of aliphatic hydroxyl groups is 2. The van der Waals surface area contributed by atoms with Crippen molar-refractivity contribution in [1.29, 1.82) is 0 Å². The van der Waals surface area contributed by atoms with Gasteiger partial charge in [0.05, 0.1) is 12.3 Å². The fourth-order valence-electron chi connectivity index (χ4n) is 3.34. The monoisotopic (exact) mass is 375 g/mol. The Hall–Kier alpha value is -3.06. The van der Waals surface area contributed by atoms with E-state index in [1.54, 1.807) is 12.1 Å². The molecule has 4 aromatic rings. The molecule has 142 valence electrons. The van der Waals surface area contributed by atoms with Crippen molar-refractivity contribution in [1.82, 2.24) is 10.1 Å². The zero-order valence-corrected chi connectivity index (χ0v) is 15.2. The summed E-state index contributed by atoms with van der Waals surface area (Å²) in [6.07, 6.45) is -0.511. The number of pyridine rings is 1. The number of hydrogen-bond acceptors (Lipinski definition) is 6. The van der Waals surface area contributed by atoms with Gasteiger partial charge in [0.25, 0.3) is 0 Å². The first-order valence-electron chi connectivity index (χ1n) is 9.11. The smallest absolute Gasteiger partial charge is 0.167 e. The Kier molecular flexibility index (Phi) is 5.16. The van der Waals surface area contributed by atoms with Crippen LogP contribution < -0.4 is 5.73 Å². The van der Waals surface area contributed by atoms with Gasteiger partial charge in [0.1, 0.15) is 11.8 Å². The van der Waals surface area contributed by atoms with Gasteiger partial charge in [0, 0.05) is 29.1 Å². The molecule has 4 N–H and O–H groups in total. The molecular formula is C22H21N3O3. The Balaban J connectivity index is 1.67. The van der Waals surface area contributed by atoms with Crippen molar-refractivity contribution in [2.45, 2.75) is 18.6 Å². The molecule has 0 saturated heterocycles. The SMILES string of the molecule is NC(Cc1cccc(C(O)CO)n1)c1ccccc1-c1noc2ccccc12. The van der Waals surface area contributed by atoms with E-state index in [4.69, 9.17) is 15.4 Å². The highest BCUT2D eigenvalue weighted by Gasteiger charge is 2.18. The number of hydrogen-bond donors (Lipinski definition) is 3. The first kappa shape index (κ1) is 18.3. The lowest BCUT2D eigenvalue weighted by Crippen LogP contribution is -2.16. The van der Waals surface area contributed by atoms with Crippen LogP contribution in [0.2, 0.25) is 0 Å². The van der Waals surface area contributed by atoms with Gasteiger partial charge < -0.3 is 20.5 Å². The lowest BCUT2D eigenvalue weighted by atomic mass is 9.94. The fourth-order valence-corrected chi connectivity index (χ4v) is 3.34. The quantitative estimate of drug-likeness (QED) is 0.478. The molecule has 2 heterocycles. The van der Waals surface area contributed by atoms with Crippen LogP contribution in [-0.2, 0) is 6.42 Å². The third kappa shape index (κ3) is 3.53. The van der Waals surface area contributed by atoms with Crippen molar-refractivity contribution >= 4 is 11.0 Å². The number of nitrogens with two attached hydrogens (primary N) is 1. The van der Waals surface area contributed by atoms with Crippen molar-refractivity contribution < 1.29 is 14.7 Å². The summed E-state index contributed by atoms with van der Waals surface area (Å²) in [4.78, 5) is 4.43. The lowest BCUT2D eigenvalue weighted by molar-refractivity contribution is 0.0921. The molecule has 0 spiro atoms. The Morgan fingerprint density at radius 3 is 2.61 bits per heavy atom. The topological polar surface area (TPSA) is 105 Å². The molecular weight excluding hydrogens is 354 g/mol. The molecule has 0 amide bonds. The summed E-state index contributed by atoms with van der Waals surface area (Å²) >= 11 is 0. The maximum absolute atomic E-state index is 9.81. The minimum atomic E-state index is -0.995. The first-order valence-corrected chi connectivity index (χ1v) is 9.11. The van der Waals surface area contributed by atoms with Crippen molar-refractivity contribution in [2.24, 2.45) is 5.73 Å². The van der Waals surface area contributed by atoms with Gasteiger partial charge in [-0.3, -0.25) is 4.98 Å². The highest BCUT2D eigenvalue weighted by Crippen LogP contribution is 2.33. The van der Waals surface area contributed by atoms with Crippen LogP contribution in [0, 0.1) is 0 Å². The van der Waals surface area contributed by atoms with Crippen LogP contribution in [0.25, 0.3) is 22.2 Å². The third-order valence-electron chi connectivity index (χ3n) is 4.76. The second kappa shape index (κ2) is 7.90. The molecule has 6 heteroatoms. The van der Waals surface area contributed by atoms with E-state index in [1.807, 2.05) is 54.6 Å². The maximum atomic E-state index is 9.81. The molecule has 0 aliphatic carbocycles. The molecule has 0 saturated carbocycles. The third-order valence-corrected chi connectivity index (χ3v) is 4.76. The van der Waals surface area contributed by atoms with E-state index in [-0.39, 0.29) is 12.6 Å². The highest BCUT2D eigenvalue weighted by atomic mass is 16.5. The molecule has 0 aliphatic rings. The Labute approximate surface area is 162 Å². The Morgan fingerprint density at radius 1 is 0.964 bits per heavy atom. The predicted octanol–water partition coefficient (Wildman–Crippen LogP) is 3.16. The van der Waals surface area contributed by atoms with E-state index in [0.717, 1.165) is 33.5 Å². The highest BCUT2D eigenvalue weighted by molar-refractivity contribution is 5.92. The van der Waals surface area contributed by atoms with Crippen molar-refractivity contribution in [3.05, 3.63) is 83.7 Å². The van der Waals surface area contributed by atoms with Crippen molar-refractivity contribution in [3.63, 3.8) is 0 Å². The second-order valence-corrected chi connectivity index (χ2v) is 6.68. The molecule has 0 fully saturated rings. The van der Waals surface area contributed by atoms with Crippen LogP contribution in [0.1, 0.15) is 29.1 Å². The summed E-state index contributed by atoms with van der Waals surface area (Å²) in [5, 5.41) is 24.1. The van der Waals surface area contributed by atoms with Gasteiger partial charge in [-0.15, -0.1) is 0 Å². The predicted molar refractivity (Wildman–Crippen MR) is 106 cm³/mol. The van der Waals surface area contributed by atoms with Crippen LogP contribution in [0.5, 0.6) is 0 Å². The molecule has 6 nitrogen and oxygen atoms in total. The molecule has 2 aromatic carbocycles. The van der Waals surface area contributed by atoms with Gasteiger partial charge in [-0.25, -0.2) is 0 Å². The minimum Gasteiger partial charge on any atom is -0.393 e. The van der Waals surface area contributed by atoms with Crippen LogP contribution in [0.3, 0.4) is 0 Å². The summed E-state index contributed by atoms with van der Waals surface area (Å²) in [5.74, 6) is 0. The Morgan fingerprint density at radius 2 is 1.75 bits per heavy atom. The summed E-state index contributed by atoms with van der Waals surface area (Å²) in [5.41, 5.74) is 11.1. The van der Waals surface area contributed by atoms with Crippen molar-refractivity contribution in [3.8, 4) is 11.3 Å². The van der Waals surface area contributed by atoms with Gasteiger partial charge in [-0.1, -0.05) is 47.6 Å². The van der Waals surface area contributed by atoms with Gasteiger partial charge >= 0.3 is 0 Å². The maximum Gasteiger partial charge on any atom is 0.167 e. The van der Waals surface area contributed by atoms with E-state index < -0.39 is 6.10 Å². The number of aliphatic hydroxyl groups excluding tert-OH is 2. The summed E-state index contributed by atoms with van der Waals surface area (Å²) in [6, 6.07) is 20.6. The van der Waals surface area contributed by atoms with E-state index in [2.05, 4.69) is 10.1 Å². The molecule has 0 aliphatic heterocycles. The molecule has 2 aromatic heterocycles. The summed E-state index contributed by atoms with van der Waals surface area (Å²) < 4.78 is 5.46. The van der Waals surface area contributed by atoms with Gasteiger partial charge in [0.15, 0.2) is 5.58 Å². The van der Waals surface area contributed by atoms with E-state index in [1.165, 1.54) is 0 Å². The van der Waals surface area contributed by atoms with Gasteiger partial charge in [0.2, 0.25) is 0 Å². The summed E-state index contributed by atoms with van der Waals surface area (Å²) in [6.45, 7) is -0.370. The zero-order chi connectivity index (χ0) is 19.5. The average Bonchev–Trinajstić information content (AvgIpc) is 3.17. The van der Waals surface area contributed by atoms with Gasteiger partial charge in [-0.2, -0.15) is 0 Å². The number of nitrogens with zero attached hydrogens (tertiary/aromatic N) is 2. The van der Waals surface area contributed by atoms with Crippen LogP contribution in [-0.4, -0.2) is 27.0 Å². The number of fused-ring (bicyclic) bond motifs is 1. The molecule has 28 heavy (non-hydrogen) atoms. The first-order chi connectivity index (χ1) is 13.7. The number of benzene rings is 2.